The molecule has 19 heavy (non-hydrogen) atoms. The molecule has 1 heterocycles. The van der Waals surface area contributed by atoms with Crippen molar-refractivity contribution >= 4 is 17.4 Å². The first kappa shape index (κ1) is 13.5. The molecule has 1 amide bonds. The highest BCUT2D eigenvalue weighted by Crippen LogP contribution is 2.21. The summed E-state index contributed by atoms with van der Waals surface area (Å²) in [6.07, 6.45) is 0. The number of likely N-dealkylation sites (N-methyl/N-ethyl adjacent to an activating group) is 2. The fourth-order valence-corrected chi connectivity index (χ4v) is 1.99. The Bertz CT molecular complexity index is 496. The number of hydrogen-bond acceptors (Lipinski definition) is 4. The van der Waals surface area contributed by atoms with Crippen LogP contribution < -0.4 is 10.2 Å². The molecule has 5 heteroatoms. The van der Waals surface area contributed by atoms with Crippen molar-refractivity contribution in [2.24, 2.45) is 4.99 Å². The van der Waals surface area contributed by atoms with E-state index < -0.39 is 0 Å². The maximum absolute atomic E-state index is 11.9. The van der Waals surface area contributed by atoms with Crippen LogP contribution in [0.3, 0.4) is 0 Å². The molecule has 1 aromatic carbocycles. The van der Waals surface area contributed by atoms with Crippen LogP contribution in [0.1, 0.15) is 5.56 Å². The number of nitrogens with zero attached hydrogens (tertiary/aromatic N) is 3. The normalized spacial score (nSPS) is 15.1. The topological polar surface area (TPSA) is 47.9 Å². The van der Waals surface area contributed by atoms with E-state index >= 15 is 0 Å². The first-order valence-electron chi connectivity index (χ1n) is 6.38. The molecular weight excluding hydrogens is 240 g/mol. The Morgan fingerprint density at radius 3 is 2.84 bits per heavy atom. The molecule has 0 saturated heterocycles. The lowest BCUT2D eigenvalue weighted by molar-refractivity contribution is -0.116. The van der Waals surface area contributed by atoms with E-state index in [2.05, 4.69) is 15.2 Å². The van der Waals surface area contributed by atoms with Gasteiger partial charge in [-0.3, -0.25) is 9.79 Å². The molecule has 1 aliphatic heterocycles. The molecule has 0 aliphatic carbocycles. The van der Waals surface area contributed by atoms with Crippen LogP contribution in [0.4, 0.5) is 5.69 Å². The molecule has 0 atom stereocenters. The number of rotatable bonds is 3. The number of para-hydroxylation sites is 1. The molecule has 0 radical (unpaired) electrons. The maximum atomic E-state index is 11.9. The van der Waals surface area contributed by atoms with Crippen molar-refractivity contribution in [1.82, 2.24) is 10.2 Å². The summed E-state index contributed by atoms with van der Waals surface area (Å²) in [6.45, 7) is 1.92. The van der Waals surface area contributed by atoms with Gasteiger partial charge in [0.2, 0.25) is 5.91 Å². The van der Waals surface area contributed by atoms with E-state index in [1.54, 1.807) is 11.9 Å². The van der Waals surface area contributed by atoms with Gasteiger partial charge < -0.3 is 15.1 Å². The van der Waals surface area contributed by atoms with Crippen LogP contribution >= 0.6 is 0 Å². The van der Waals surface area contributed by atoms with Gasteiger partial charge in [-0.25, -0.2) is 0 Å². The first-order valence-corrected chi connectivity index (χ1v) is 6.38. The zero-order valence-electron chi connectivity index (χ0n) is 11.7. The predicted octanol–water partition coefficient (Wildman–Crippen LogP) is 0.561. The van der Waals surface area contributed by atoms with Crippen molar-refractivity contribution in [1.29, 1.82) is 0 Å². The van der Waals surface area contributed by atoms with Gasteiger partial charge in [0.15, 0.2) is 0 Å². The molecule has 0 aromatic heterocycles. The predicted molar refractivity (Wildman–Crippen MR) is 77.8 cm³/mol. The summed E-state index contributed by atoms with van der Waals surface area (Å²) in [4.78, 5) is 20.0. The highest BCUT2D eigenvalue weighted by atomic mass is 16.2. The Morgan fingerprint density at radius 1 is 1.37 bits per heavy atom. The third-order valence-corrected chi connectivity index (χ3v) is 3.12. The third kappa shape index (κ3) is 3.12. The summed E-state index contributed by atoms with van der Waals surface area (Å²) in [5.74, 6) is 0.812. The van der Waals surface area contributed by atoms with Gasteiger partial charge in [0.25, 0.3) is 0 Å². The summed E-state index contributed by atoms with van der Waals surface area (Å²) in [5, 5.41) is 3.32. The smallest absolute Gasteiger partial charge is 0.248 e. The van der Waals surface area contributed by atoms with Gasteiger partial charge in [-0.15, -0.1) is 0 Å². The molecule has 0 unspecified atom stereocenters. The number of nitrogens with one attached hydrogen (secondary N) is 1. The lowest BCUT2D eigenvalue weighted by Crippen LogP contribution is -2.32. The number of benzene rings is 1. The lowest BCUT2D eigenvalue weighted by atomic mass is 10.1. The molecule has 0 fully saturated rings. The standard InChI is InChI=1S/C14H20N4O/c1-17(2)9-8-15-14-11-6-4-5-7-12(11)18(3)13(19)10-16-14/h4-7H,8-10H2,1-3H3,(H,15,16). The lowest BCUT2D eigenvalue weighted by Gasteiger charge is -2.18. The van der Waals surface area contributed by atoms with Crippen molar-refractivity contribution in [3.8, 4) is 0 Å². The number of benzodiazepines with no additional fused rings is 1. The van der Waals surface area contributed by atoms with Gasteiger partial charge in [0.1, 0.15) is 12.4 Å². The van der Waals surface area contributed by atoms with Crippen molar-refractivity contribution in [2.45, 2.75) is 0 Å². The van der Waals surface area contributed by atoms with E-state index in [4.69, 9.17) is 0 Å². The summed E-state index contributed by atoms with van der Waals surface area (Å²) in [7, 11) is 5.85. The van der Waals surface area contributed by atoms with Gasteiger partial charge in [-0.05, 0) is 26.2 Å². The van der Waals surface area contributed by atoms with E-state index in [1.807, 2.05) is 38.4 Å². The molecule has 102 valence electrons. The highest BCUT2D eigenvalue weighted by Gasteiger charge is 2.20. The number of amidine groups is 1. The number of anilines is 1. The Labute approximate surface area is 113 Å². The molecule has 1 aliphatic rings. The van der Waals surface area contributed by atoms with Crippen LogP contribution in [0.15, 0.2) is 29.3 Å². The molecule has 5 nitrogen and oxygen atoms in total. The number of fused-ring (bicyclic) bond motifs is 1. The minimum atomic E-state index is 0.0110. The van der Waals surface area contributed by atoms with E-state index in [-0.39, 0.29) is 12.5 Å². The minimum absolute atomic E-state index is 0.0110. The molecule has 1 N–H and O–H groups in total. The van der Waals surface area contributed by atoms with E-state index in [0.717, 1.165) is 30.2 Å². The first-order chi connectivity index (χ1) is 9.09. The fraction of sp³-hybridized carbons (Fsp3) is 0.429. The average molecular weight is 260 g/mol. The second-order valence-electron chi connectivity index (χ2n) is 4.86. The summed E-state index contributed by atoms with van der Waals surface area (Å²) >= 11 is 0. The van der Waals surface area contributed by atoms with E-state index in [1.165, 1.54) is 0 Å². The van der Waals surface area contributed by atoms with E-state index in [0.29, 0.717) is 0 Å². The Balaban J connectivity index is 2.23. The van der Waals surface area contributed by atoms with Crippen LogP contribution in [0.2, 0.25) is 0 Å². The Kier molecular flexibility index (Phi) is 4.16. The zero-order chi connectivity index (χ0) is 13.8. The van der Waals surface area contributed by atoms with Gasteiger partial charge in [0, 0.05) is 25.7 Å². The number of aliphatic imine (C=N–C) groups is 1. The number of amides is 1. The summed E-state index contributed by atoms with van der Waals surface area (Å²) in [6, 6.07) is 7.84. The summed E-state index contributed by atoms with van der Waals surface area (Å²) < 4.78 is 0. The Morgan fingerprint density at radius 2 is 2.11 bits per heavy atom. The number of carbonyl (C=O) groups excluding carboxylic acids is 1. The molecule has 0 spiro atoms. The second-order valence-corrected chi connectivity index (χ2v) is 4.86. The summed E-state index contributed by atoms with van der Waals surface area (Å²) in [5.41, 5.74) is 1.88. The maximum Gasteiger partial charge on any atom is 0.248 e. The number of carbonyl (C=O) groups is 1. The van der Waals surface area contributed by atoms with Gasteiger partial charge in [0.05, 0.1) is 5.69 Å². The quantitative estimate of drug-likeness (QED) is 0.864. The van der Waals surface area contributed by atoms with Crippen molar-refractivity contribution < 1.29 is 4.79 Å². The van der Waals surface area contributed by atoms with E-state index in [9.17, 15) is 4.79 Å². The molecule has 1 aromatic rings. The average Bonchev–Trinajstić information content (AvgIpc) is 2.51. The zero-order valence-corrected chi connectivity index (χ0v) is 11.7. The van der Waals surface area contributed by atoms with Crippen molar-refractivity contribution in [3.63, 3.8) is 0 Å². The third-order valence-electron chi connectivity index (χ3n) is 3.12. The molecule has 0 bridgehead atoms. The molecular formula is C14H20N4O. The SMILES string of the molecule is CN(C)CCNC1=NCC(=O)N(C)c2ccccc21. The van der Waals surface area contributed by atoms with Crippen LogP contribution in [-0.2, 0) is 4.79 Å². The van der Waals surface area contributed by atoms with Crippen LogP contribution in [-0.4, -0.2) is 57.4 Å². The van der Waals surface area contributed by atoms with Crippen molar-refractivity contribution in [2.75, 3.05) is 45.7 Å². The monoisotopic (exact) mass is 260 g/mol. The van der Waals surface area contributed by atoms with Crippen LogP contribution in [0, 0.1) is 0 Å². The van der Waals surface area contributed by atoms with Gasteiger partial charge in [-0.2, -0.15) is 0 Å². The van der Waals surface area contributed by atoms with Crippen molar-refractivity contribution in [3.05, 3.63) is 29.8 Å². The second kappa shape index (κ2) is 5.84. The fourth-order valence-electron chi connectivity index (χ4n) is 1.99. The molecule has 2 rings (SSSR count). The van der Waals surface area contributed by atoms with Crippen LogP contribution in [0.25, 0.3) is 0 Å². The number of hydrogen-bond donors (Lipinski definition) is 1. The Hall–Kier alpha value is -1.88. The van der Waals surface area contributed by atoms with Crippen LogP contribution in [0.5, 0.6) is 0 Å². The largest absolute Gasteiger partial charge is 0.369 e. The highest BCUT2D eigenvalue weighted by molar-refractivity contribution is 6.10. The molecule has 0 saturated carbocycles. The van der Waals surface area contributed by atoms with Gasteiger partial charge in [-0.1, -0.05) is 12.1 Å². The minimum Gasteiger partial charge on any atom is -0.369 e. The van der Waals surface area contributed by atoms with Gasteiger partial charge >= 0.3 is 0 Å².